The lowest BCUT2D eigenvalue weighted by molar-refractivity contribution is 0.176. The van der Waals surface area contributed by atoms with Gasteiger partial charge < -0.3 is 5.11 Å². The minimum atomic E-state index is -1.04. The Kier molecular flexibility index (Phi) is 4.55. The van der Waals surface area contributed by atoms with Crippen LogP contribution in [-0.2, 0) is 6.42 Å². The summed E-state index contributed by atoms with van der Waals surface area (Å²) in [6.45, 7) is 0. The smallest absolute Gasteiger partial charge is 0.137 e. The largest absolute Gasteiger partial charge is 0.388 e. The molecular weight excluding hydrogens is 338 g/mol. The van der Waals surface area contributed by atoms with Crippen molar-refractivity contribution in [3.63, 3.8) is 0 Å². The van der Waals surface area contributed by atoms with Crippen molar-refractivity contribution in [2.45, 2.75) is 12.5 Å². The average Bonchev–Trinajstić information content (AvgIpc) is 2.37. The predicted octanol–water partition coefficient (Wildman–Crippen LogP) is 4.66. The van der Waals surface area contributed by atoms with Gasteiger partial charge in [-0.2, -0.15) is 0 Å². The molecule has 0 saturated carbocycles. The fraction of sp³-hybridized carbons (Fsp3) is 0.143. The van der Waals surface area contributed by atoms with Crippen molar-refractivity contribution >= 4 is 27.5 Å². The van der Waals surface area contributed by atoms with Gasteiger partial charge in [-0.3, -0.25) is 0 Å². The zero-order valence-electron chi connectivity index (χ0n) is 9.71. The van der Waals surface area contributed by atoms with Crippen LogP contribution in [0.4, 0.5) is 8.78 Å². The van der Waals surface area contributed by atoms with Gasteiger partial charge in [-0.1, -0.05) is 29.8 Å². The van der Waals surface area contributed by atoms with Crippen molar-refractivity contribution in [3.8, 4) is 0 Å². The van der Waals surface area contributed by atoms with Gasteiger partial charge in [-0.15, -0.1) is 0 Å². The molecule has 0 saturated heterocycles. The Labute approximate surface area is 123 Å². The van der Waals surface area contributed by atoms with Gasteiger partial charge in [0, 0.05) is 17.0 Å². The van der Waals surface area contributed by atoms with Crippen LogP contribution in [0, 0.1) is 11.6 Å². The quantitative estimate of drug-likeness (QED) is 0.856. The SMILES string of the molecule is OC(Cc1c(F)cccc1Cl)c1cccc(F)c1Br. The zero-order chi connectivity index (χ0) is 14.0. The number of benzene rings is 2. The lowest BCUT2D eigenvalue weighted by atomic mass is 10.0. The van der Waals surface area contributed by atoms with Crippen LogP contribution < -0.4 is 0 Å². The van der Waals surface area contributed by atoms with Gasteiger partial charge in [0.1, 0.15) is 11.6 Å². The van der Waals surface area contributed by atoms with Gasteiger partial charge >= 0.3 is 0 Å². The number of halogens is 4. The first-order valence-electron chi connectivity index (χ1n) is 5.55. The molecule has 0 aliphatic heterocycles. The molecule has 1 atom stereocenters. The molecule has 100 valence electrons. The lowest BCUT2D eigenvalue weighted by Crippen LogP contribution is -2.05. The molecule has 0 spiro atoms. The standard InChI is InChI=1S/C14H10BrClF2O/c15-14-8(3-1-6-12(14)18)13(19)7-9-10(16)4-2-5-11(9)17/h1-6,13,19H,7H2. The van der Waals surface area contributed by atoms with Crippen LogP contribution in [-0.4, -0.2) is 5.11 Å². The van der Waals surface area contributed by atoms with Gasteiger partial charge in [0.25, 0.3) is 0 Å². The molecule has 0 aliphatic carbocycles. The second kappa shape index (κ2) is 5.99. The van der Waals surface area contributed by atoms with Gasteiger partial charge in [0.2, 0.25) is 0 Å². The minimum Gasteiger partial charge on any atom is -0.388 e. The molecule has 1 N–H and O–H groups in total. The molecule has 2 aromatic rings. The average molecular weight is 348 g/mol. The Balaban J connectivity index is 2.31. The Morgan fingerprint density at radius 1 is 1.11 bits per heavy atom. The molecule has 5 heteroatoms. The summed E-state index contributed by atoms with van der Waals surface area (Å²) in [5.41, 5.74) is 0.576. The van der Waals surface area contributed by atoms with Crippen molar-refractivity contribution in [1.29, 1.82) is 0 Å². The van der Waals surface area contributed by atoms with Crippen molar-refractivity contribution in [2.24, 2.45) is 0 Å². The van der Waals surface area contributed by atoms with Gasteiger partial charge in [-0.25, -0.2) is 8.78 Å². The monoisotopic (exact) mass is 346 g/mol. The molecule has 19 heavy (non-hydrogen) atoms. The number of aliphatic hydroxyl groups is 1. The summed E-state index contributed by atoms with van der Waals surface area (Å²) >= 11 is 8.96. The van der Waals surface area contributed by atoms with E-state index in [-0.39, 0.29) is 21.5 Å². The molecular formula is C14H10BrClF2O. The van der Waals surface area contributed by atoms with E-state index in [2.05, 4.69) is 15.9 Å². The highest BCUT2D eigenvalue weighted by molar-refractivity contribution is 9.10. The molecule has 0 bridgehead atoms. The number of rotatable bonds is 3. The molecule has 0 aromatic heterocycles. The zero-order valence-corrected chi connectivity index (χ0v) is 12.0. The highest BCUT2D eigenvalue weighted by Crippen LogP contribution is 2.30. The van der Waals surface area contributed by atoms with Crippen LogP contribution >= 0.6 is 27.5 Å². The summed E-state index contributed by atoms with van der Waals surface area (Å²) < 4.78 is 27.2. The Hall–Kier alpha value is -0.970. The molecule has 2 aromatic carbocycles. The summed E-state index contributed by atoms with van der Waals surface area (Å²) in [6, 6.07) is 8.65. The first kappa shape index (κ1) is 14.4. The molecule has 0 amide bonds. The van der Waals surface area contributed by atoms with E-state index >= 15 is 0 Å². The maximum absolute atomic E-state index is 13.6. The Morgan fingerprint density at radius 2 is 1.74 bits per heavy atom. The van der Waals surface area contributed by atoms with E-state index < -0.39 is 17.7 Å². The first-order valence-corrected chi connectivity index (χ1v) is 6.72. The summed E-state index contributed by atoms with van der Waals surface area (Å²) in [4.78, 5) is 0. The third-order valence-corrected chi connectivity index (χ3v) is 3.99. The van der Waals surface area contributed by atoms with E-state index in [1.807, 2.05) is 0 Å². The van der Waals surface area contributed by atoms with Gasteiger partial charge in [0.05, 0.1) is 10.6 Å². The van der Waals surface area contributed by atoms with Crippen LogP contribution in [0.3, 0.4) is 0 Å². The third kappa shape index (κ3) is 3.14. The van der Waals surface area contributed by atoms with Crippen molar-refractivity contribution in [3.05, 3.63) is 68.7 Å². The van der Waals surface area contributed by atoms with Crippen LogP contribution in [0.25, 0.3) is 0 Å². The lowest BCUT2D eigenvalue weighted by Gasteiger charge is -2.14. The highest BCUT2D eigenvalue weighted by atomic mass is 79.9. The second-order valence-electron chi connectivity index (χ2n) is 4.06. The second-order valence-corrected chi connectivity index (χ2v) is 5.26. The van der Waals surface area contributed by atoms with E-state index in [1.165, 1.54) is 24.3 Å². The number of hydrogen-bond acceptors (Lipinski definition) is 1. The van der Waals surface area contributed by atoms with E-state index in [1.54, 1.807) is 12.1 Å². The van der Waals surface area contributed by atoms with E-state index in [9.17, 15) is 13.9 Å². The normalized spacial score (nSPS) is 12.5. The number of hydrogen-bond donors (Lipinski definition) is 1. The summed E-state index contributed by atoms with van der Waals surface area (Å²) in [5, 5.41) is 10.3. The fourth-order valence-electron chi connectivity index (χ4n) is 1.81. The Bertz CT molecular complexity index is 584. The highest BCUT2D eigenvalue weighted by Gasteiger charge is 2.17. The topological polar surface area (TPSA) is 20.2 Å². The maximum Gasteiger partial charge on any atom is 0.137 e. The van der Waals surface area contributed by atoms with Crippen LogP contribution in [0.1, 0.15) is 17.2 Å². The molecule has 1 unspecified atom stereocenters. The van der Waals surface area contributed by atoms with E-state index in [0.717, 1.165) is 0 Å². The van der Waals surface area contributed by atoms with E-state index in [0.29, 0.717) is 5.56 Å². The molecule has 0 heterocycles. The van der Waals surface area contributed by atoms with Crippen LogP contribution in [0.15, 0.2) is 40.9 Å². The van der Waals surface area contributed by atoms with Crippen molar-refractivity contribution < 1.29 is 13.9 Å². The van der Waals surface area contributed by atoms with Gasteiger partial charge in [-0.05, 0) is 39.7 Å². The van der Waals surface area contributed by atoms with Gasteiger partial charge in [0.15, 0.2) is 0 Å². The molecule has 0 aliphatic rings. The molecule has 2 rings (SSSR count). The Morgan fingerprint density at radius 3 is 2.42 bits per heavy atom. The first-order chi connectivity index (χ1) is 9.00. The van der Waals surface area contributed by atoms with Crippen LogP contribution in [0.2, 0.25) is 5.02 Å². The third-order valence-electron chi connectivity index (χ3n) is 2.80. The molecule has 1 nitrogen and oxygen atoms in total. The maximum atomic E-state index is 13.6. The van der Waals surface area contributed by atoms with Crippen molar-refractivity contribution in [2.75, 3.05) is 0 Å². The minimum absolute atomic E-state index is 0.0203. The molecule has 0 radical (unpaired) electrons. The molecule has 0 fully saturated rings. The predicted molar refractivity (Wildman–Crippen MR) is 74.2 cm³/mol. The summed E-state index contributed by atoms with van der Waals surface area (Å²) in [6.07, 6.45) is -1.06. The van der Waals surface area contributed by atoms with Crippen LogP contribution in [0.5, 0.6) is 0 Å². The van der Waals surface area contributed by atoms with E-state index in [4.69, 9.17) is 11.6 Å². The summed E-state index contributed by atoms with van der Waals surface area (Å²) in [5.74, 6) is -0.963. The summed E-state index contributed by atoms with van der Waals surface area (Å²) in [7, 11) is 0. The fourth-order valence-corrected chi connectivity index (χ4v) is 2.58. The number of aliphatic hydroxyl groups excluding tert-OH is 1. The van der Waals surface area contributed by atoms with Crippen molar-refractivity contribution in [1.82, 2.24) is 0 Å².